The summed E-state index contributed by atoms with van der Waals surface area (Å²) in [4.78, 5) is 26.0. The number of hydrogen-bond donors (Lipinski definition) is 4. The Morgan fingerprint density at radius 1 is 0.978 bits per heavy atom. The number of ether oxygens (including phenoxy) is 1. The van der Waals surface area contributed by atoms with Gasteiger partial charge in [0.25, 0.3) is 0 Å². The summed E-state index contributed by atoms with van der Waals surface area (Å²) in [6.07, 6.45) is 12.4. The van der Waals surface area contributed by atoms with E-state index in [0.29, 0.717) is 24.3 Å². The van der Waals surface area contributed by atoms with E-state index in [9.17, 15) is 30.0 Å². The van der Waals surface area contributed by atoms with Crippen molar-refractivity contribution in [3.8, 4) is 11.5 Å². The summed E-state index contributed by atoms with van der Waals surface area (Å²) < 4.78 is 6.08. The first-order chi connectivity index (χ1) is 21.6. The fraction of sp³-hybridized carbons (Fsp3) is 0.641. The first-order valence-corrected chi connectivity index (χ1v) is 17.2. The van der Waals surface area contributed by atoms with Crippen molar-refractivity contribution in [2.75, 3.05) is 6.61 Å². The Bertz CT molecular complexity index is 1510. The molecule has 1 aromatic rings. The Hall–Kier alpha value is -3.06. The molecular weight excluding hydrogens is 580 g/mol. The number of phenols is 2. The Kier molecular flexibility index (Phi) is 7.86. The van der Waals surface area contributed by atoms with Crippen molar-refractivity contribution in [2.24, 2.45) is 50.7 Å². The zero-order valence-corrected chi connectivity index (χ0v) is 28.1. The summed E-state index contributed by atoms with van der Waals surface area (Å²) in [6.45, 7) is 15.7. The van der Waals surface area contributed by atoms with Gasteiger partial charge < -0.3 is 25.2 Å². The number of benzene rings is 1. The fourth-order valence-electron chi connectivity index (χ4n) is 11.9. The number of carboxylic acid groups (broad SMARTS) is 1. The SMILES string of the molecule is C=C(C)[C@@H]1CC[C@]2(C(=O)O)CC[C@]3(C)C(=CC[C@@H]4[C@@]5(C)CC[C@H](OC(=O)/C=C/c6ccc(O)c(O)c6)[C@@](C)(CO)[C@@H]5CC[C@]43C)[C@@H]12. The van der Waals surface area contributed by atoms with E-state index in [1.165, 1.54) is 23.8 Å². The van der Waals surface area contributed by atoms with Crippen molar-refractivity contribution in [3.63, 3.8) is 0 Å². The maximum atomic E-state index is 13.0. The minimum atomic E-state index is -0.701. The maximum Gasteiger partial charge on any atom is 0.331 e. The minimum absolute atomic E-state index is 0.000934. The van der Waals surface area contributed by atoms with Crippen molar-refractivity contribution in [1.82, 2.24) is 0 Å². The van der Waals surface area contributed by atoms with E-state index in [1.54, 1.807) is 12.1 Å². The lowest BCUT2D eigenvalue weighted by molar-refractivity contribution is -0.221. The summed E-state index contributed by atoms with van der Waals surface area (Å²) in [5.41, 5.74) is 1.51. The molecule has 0 aliphatic heterocycles. The number of carboxylic acids is 1. The van der Waals surface area contributed by atoms with Crippen LogP contribution in [0.4, 0.5) is 0 Å². The predicted molar refractivity (Wildman–Crippen MR) is 177 cm³/mol. The highest BCUT2D eigenvalue weighted by atomic mass is 16.5. The van der Waals surface area contributed by atoms with Gasteiger partial charge in [0, 0.05) is 17.4 Å². The molecule has 0 unspecified atom stereocenters. The van der Waals surface area contributed by atoms with E-state index < -0.39 is 28.9 Å². The van der Waals surface area contributed by atoms with Crippen molar-refractivity contribution in [3.05, 3.63) is 53.6 Å². The van der Waals surface area contributed by atoms with E-state index >= 15 is 0 Å². The van der Waals surface area contributed by atoms with Crippen LogP contribution in [-0.2, 0) is 14.3 Å². The van der Waals surface area contributed by atoms with Gasteiger partial charge in [-0.05, 0) is 122 Å². The smallest absolute Gasteiger partial charge is 0.331 e. The molecule has 0 bridgehead atoms. The topological polar surface area (TPSA) is 124 Å². The average molecular weight is 633 g/mol. The van der Waals surface area contributed by atoms with E-state index in [0.717, 1.165) is 50.5 Å². The van der Waals surface area contributed by atoms with Gasteiger partial charge in [0.05, 0.1) is 12.0 Å². The third kappa shape index (κ3) is 4.47. The van der Waals surface area contributed by atoms with E-state index in [4.69, 9.17) is 4.74 Å². The number of carbonyl (C=O) groups excluding carboxylic acids is 1. The Labute approximate surface area is 273 Å². The molecule has 0 aromatic heterocycles. The summed E-state index contributed by atoms with van der Waals surface area (Å²) in [5, 5.41) is 41.0. The second-order valence-electron chi connectivity index (χ2n) is 16.4. The first kappa shape index (κ1) is 32.9. The number of phenolic OH excluding ortho intramolecular Hbond substituents is 2. The molecule has 10 atom stereocenters. The summed E-state index contributed by atoms with van der Waals surface area (Å²) in [7, 11) is 0. The molecule has 1 aromatic carbocycles. The number of fused-ring (bicyclic) bond motifs is 7. The second kappa shape index (κ2) is 11.0. The van der Waals surface area contributed by atoms with Crippen LogP contribution >= 0.6 is 0 Å². The Morgan fingerprint density at radius 3 is 2.37 bits per heavy atom. The molecule has 250 valence electrons. The van der Waals surface area contributed by atoms with Gasteiger partial charge in [-0.15, -0.1) is 0 Å². The van der Waals surface area contributed by atoms with E-state index in [-0.39, 0.29) is 52.1 Å². The summed E-state index contributed by atoms with van der Waals surface area (Å²) in [6, 6.07) is 4.35. The number of rotatable bonds is 6. The molecule has 5 aliphatic carbocycles. The second-order valence-corrected chi connectivity index (χ2v) is 16.4. The Morgan fingerprint density at radius 2 is 1.72 bits per heavy atom. The molecule has 0 spiro atoms. The third-order valence-electron chi connectivity index (χ3n) is 14.6. The lowest BCUT2D eigenvalue weighted by Gasteiger charge is -2.70. The van der Waals surface area contributed by atoms with Crippen LogP contribution in [0.15, 0.2) is 48.1 Å². The predicted octanol–water partition coefficient (Wildman–Crippen LogP) is 7.66. The molecule has 5 aliphatic rings. The molecule has 0 radical (unpaired) electrons. The number of aliphatic hydroxyl groups is 1. The van der Waals surface area contributed by atoms with Crippen molar-refractivity contribution in [1.29, 1.82) is 0 Å². The molecule has 4 fully saturated rings. The summed E-state index contributed by atoms with van der Waals surface area (Å²) in [5.74, 6) is -0.904. The number of aliphatic carboxylic acids is 1. The molecule has 46 heavy (non-hydrogen) atoms. The van der Waals surface area contributed by atoms with Gasteiger partial charge in [-0.2, -0.15) is 0 Å². The lowest BCUT2D eigenvalue weighted by atomic mass is 9.34. The molecule has 0 heterocycles. The van der Waals surface area contributed by atoms with Crippen LogP contribution in [0, 0.1) is 50.7 Å². The van der Waals surface area contributed by atoms with Crippen LogP contribution in [0.2, 0.25) is 0 Å². The first-order valence-electron chi connectivity index (χ1n) is 17.2. The maximum absolute atomic E-state index is 13.0. The van der Waals surface area contributed by atoms with Crippen LogP contribution in [0.25, 0.3) is 6.08 Å². The molecule has 7 nitrogen and oxygen atoms in total. The number of aliphatic hydroxyl groups excluding tert-OH is 1. The third-order valence-corrected chi connectivity index (χ3v) is 14.6. The van der Waals surface area contributed by atoms with Gasteiger partial charge in [0.15, 0.2) is 11.5 Å². The average Bonchev–Trinajstić information content (AvgIpc) is 3.41. The zero-order chi connectivity index (χ0) is 33.4. The highest BCUT2D eigenvalue weighted by Crippen LogP contribution is 2.76. The molecule has 0 saturated heterocycles. The fourth-order valence-corrected chi connectivity index (χ4v) is 11.9. The quantitative estimate of drug-likeness (QED) is 0.110. The molecule has 4 saturated carbocycles. The number of aromatic hydroxyl groups is 2. The van der Waals surface area contributed by atoms with Crippen LogP contribution in [0.5, 0.6) is 11.5 Å². The molecule has 4 N–H and O–H groups in total. The van der Waals surface area contributed by atoms with Gasteiger partial charge >= 0.3 is 11.9 Å². The Balaban J connectivity index is 1.28. The molecule has 6 rings (SSSR count). The molecular formula is C39H52O7. The van der Waals surface area contributed by atoms with Crippen molar-refractivity contribution in [2.45, 2.75) is 98.5 Å². The molecule has 7 heteroatoms. The van der Waals surface area contributed by atoms with Gasteiger partial charge in [-0.25, -0.2) is 4.79 Å². The van der Waals surface area contributed by atoms with E-state index in [1.807, 2.05) is 0 Å². The van der Waals surface area contributed by atoms with Crippen molar-refractivity contribution >= 4 is 18.0 Å². The van der Waals surface area contributed by atoms with Crippen molar-refractivity contribution < 1.29 is 34.8 Å². The van der Waals surface area contributed by atoms with Crippen LogP contribution in [0.1, 0.15) is 98.0 Å². The highest BCUT2D eigenvalue weighted by molar-refractivity contribution is 5.87. The van der Waals surface area contributed by atoms with Gasteiger partial charge in [-0.1, -0.05) is 57.6 Å². The number of esters is 1. The number of allylic oxidation sites excluding steroid dienone is 3. The van der Waals surface area contributed by atoms with E-state index in [2.05, 4.69) is 47.3 Å². The molecule has 0 amide bonds. The van der Waals surface area contributed by atoms with Crippen LogP contribution in [-0.4, -0.2) is 45.1 Å². The zero-order valence-electron chi connectivity index (χ0n) is 28.1. The monoisotopic (exact) mass is 632 g/mol. The van der Waals surface area contributed by atoms with Gasteiger partial charge in [0.1, 0.15) is 6.10 Å². The largest absolute Gasteiger partial charge is 0.504 e. The lowest BCUT2D eigenvalue weighted by Crippen LogP contribution is -2.65. The highest BCUT2D eigenvalue weighted by Gasteiger charge is 2.70. The number of carbonyl (C=O) groups is 2. The van der Waals surface area contributed by atoms with Crippen LogP contribution < -0.4 is 0 Å². The van der Waals surface area contributed by atoms with Gasteiger partial charge in [0.2, 0.25) is 0 Å². The summed E-state index contributed by atoms with van der Waals surface area (Å²) >= 11 is 0. The van der Waals surface area contributed by atoms with Gasteiger partial charge in [-0.3, -0.25) is 4.79 Å². The standard InChI is InChI=1S/C39H52O7/c1-23(2)25-13-18-39(34(44)45)20-19-37(5)26(33(25)39)9-11-30-35(3)16-15-31(36(4,22-40)29(35)14-17-38(30,37)6)46-32(43)12-8-24-7-10-27(41)28(42)21-24/h7-10,12,21,25,29-31,33,40-42H,1,11,13-20,22H2,2-6H3,(H,44,45)/b12-8+/t25-,29+,30+,31-,33+,35-,36-,37+,38+,39-/m0/s1. The minimum Gasteiger partial charge on any atom is -0.504 e. The number of hydrogen-bond acceptors (Lipinski definition) is 6. The van der Waals surface area contributed by atoms with Crippen LogP contribution in [0.3, 0.4) is 0 Å². The normalized spacial score (nSPS) is 43.1.